The third-order valence-corrected chi connectivity index (χ3v) is 3.10. The minimum atomic E-state index is 0.326. The highest BCUT2D eigenvalue weighted by Crippen LogP contribution is 2.36. The minimum absolute atomic E-state index is 0.326. The summed E-state index contributed by atoms with van der Waals surface area (Å²) in [5, 5.41) is 0. The van der Waals surface area contributed by atoms with Crippen LogP contribution >= 0.6 is 0 Å². The van der Waals surface area contributed by atoms with E-state index in [4.69, 9.17) is 15.2 Å². The van der Waals surface area contributed by atoms with Gasteiger partial charge in [-0.1, -0.05) is 20.8 Å². The number of nitrogens with two attached hydrogens (primary N) is 1. The van der Waals surface area contributed by atoms with Crippen LogP contribution in [-0.4, -0.2) is 20.8 Å². The second-order valence-electron chi connectivity index (χ2n) is 4.63. The monoisotopic (exact) mass is 237 g/mol. The summed E-state index contributed by atoms with van der Waals surface area (Å²) in [4.78, 5) is 0. The van der Waals surface area contributed by atoms with Crippen molar-refractivity contribution >= 4 is 0 Å². The van der Waals surface area contributed by atoms with Crippen molar-refractivity contribution in [1.29, 1.82) is 0 Å². The zero-order chi connectivity index (χ0) is 13.0. The first-order chi connectivity index (χ1) is 8.04. The van der Waals surface area contributed by atoms with Gasteiger partial charge < -0.3 is 15.2 Å². The molecule has 0 saturated carbocycles. The van der Waals surface area contributed by atoms with E-state index in [1.54, 1.807) is 14.2 Å². The Morgan fingerprint density at radius 3 is 1.82 bits per heavy atom. The van der Waals surface area contributed by atoms with Crippen LogP contribution in [0.5, 0.6) is 11.5 Å². The molecule has 0 aliphatic heterocycles. The van der Waals surface area contributed by atoms with Gasteiger partial charge in [0.05, 0.1) is 14.2 Å². The summed E-state index contributed by atoms with van der Waals surface area (Å²) in [5.41, 5.74) is 8.29. The lowest BCUT2D eigenvalue weighted by atomic mass is 9.89. The number of rotatable bonds is 5. The lowest BCUT2D eigenvalue weighted by molar-refractivity contribution is 0.353. The van der Waals surface area contributed by atoms with Gasteiger partial charge in [0.25, 0.3) is 0 Å². The molecule has 0 bridgehead atoms. The Balaban J connectivity index is 3.34. The van der Waals surface area contributed by atoms with Gasteiger partial charge in [0.15, 0.2) is 11.5 Å². The lowest BCUT2D eigenvalue weighted by Crippen LogP contribution is -2.12. The molecule has 17 heavy (non-hydrogen) atoms. The van der Waals surface area contributed by atoms with Crippen molar-refractivity contribution in [3.8, 4) is 11.5 Å². The highest BCUT2D eigenvalue weighted by molar-refractivity contribution is 5.49. The van der Waals surface area contributed by atoms with E-state index < -0.39 is 0 Å². The number of methoxy groups -OCH3 is 2. The molecule has 1 aromatic carbocycles. The Kier molecular flexibility index (Phi) is 4.82. The molecule has 0 radical (unpaired) electrons. The first-order valence-corrected chi connectivity index (χ1v) is 6.01. The number of ether oxygens (including phenoxy) is 2. The summed E-state index contributed by atoms with van der Waals surface area (Å²) in [6.07, 6.45) is 0. The quantitative estimate of drug-likeness (QED) is 0.856. The number of hydrogen-bond acceptors (Lipinski definition) is 3. The Labute approximate surface area is 104 Å². The maximum absolute atomic E-state index is 5.76. The molecule has 2 N–H and O–H groups in total. The van der Waals surface area contributed by atoms with Crippen LogP contribution in [0, 0.1) is 0 Å². The van der Waals surface area contributed by atoms with Gasteiger partial charge in [-0.2, -0.15) is 0 Å². The Morgan fingerprint density at radius 1 is 1.00 bits per heavy atom. The molecule has 96 valence electrons. The van der Waals surface area contributed by atoms with E-state index in [0.29, 0.717) is 18.4 Å². The van der Waals surface area contributed by atoms with Gasteiger partial charge in [0.2, 0.25) is 0 Å². The summed E-state index contributed by atoms with van der Waals surface area (Å²) < 4.78 is 10.7. The van der Waals surface area contributed by atoms with Gasteiger partial charge >= 0.3 is 0 Å². The van der Waals surface area contributed by atoms with E-state index in [-0.39, 0.29) is 0 Å². The molecule has 1 atom stereocenters. The molecule has 0 spiro atoms. The highest BCUT2D eigenvalue weighted by Gasteiger charge is 2.16. The fourth-order valence-corrected chi connectivity index (χ4v) is 1.96. The van der Waals surface area contributed by atoms with Gasteiger partial charge in [-0.05, 0) is 41.6 Å². The smallest absolute Gasteiger partial charge is 0.161 e. The van der Waals surface area contributed by atoms with Crippen molar-refractivity contribution in [3.63, 3.8) is 0 Å². The average Bonchev–Trinajstić information content (AvgIpc) is 2.35. The molecule has 0 aliphatic carbocycles. The number of hydrogen-bond donors (Lipinski definition) is 1. The topological polar surface area (TPSA) is 44.5 Å². The fraction of sp³-hybridized carbons (Fsp3) is 0.571. The van der Waals surface area contributed by atoms with Crippen LogP contribution in [0.2, 0.25) is 0 Å². The second kappa shape index (κ2) is 5.92. The third kappa shape index (κ3) is 2.91. The van der Waals surface area contributed by atoms with Crippen LogP contribution < -0.4 is 15.2 Å². The predicted molar refractivity (Wildman–Crippen MR) is 71.1 cm³/mol. The van der Waals surface area contributed by atoms with E-state index in [2.05, 4.69) is 26.8 Å². The third-order valence-electron chi connectivity index (χ3n) is 3.10. The van der Waals surface area contributed by atoms with Crippen LogP contribution in [0.4, 0.5) is 0 Å². The molecule has 0 aromatic heterocycles. The van der Waals surface area contributed by atoms with Gasteiger partial charge in [-0.15, -0.1) is 0 Å². The second-order valence-corrected chi connectivity index (χ2v) is 4.63. The molecule has 0 fully saturated rings. The maximum Gasteiger partial charge on any atom is 0.161 e. The summed E-state index contributed by atoms with van der Waals surface area (Å²) >= 11 is 0. The Morgan fingerprint density at radius 2 is 1.47 bits per heavy atom. The molecular formula is C14H23NO2. The predicted octanol–water partition coefficient (Wildman–Crippen LogP) is 2.89. The molecule has 0 amide bonds. The lowest BCUT2D eigenvalue weighted by Gasteiger charge is -2.20. The van der Waals surface area contributed by atoms with Crippen LogP contribution in [0.15, 0.2) is 12.1 Å². The first kappa shape index (κ1) is 13.8. The summed E-state index contributed by atoms with van der Waals surface area (Å²) in [5.74, 6) is 2.32. The standard InChI is InChI=1S/C14H23NO2/c1-9(2)11-6-13(16-4)14(17-5)7-12(11)10(3)8-15/h6-7,9-10H,8,15H2,1-5H3. The molecular weight excluding hydrogens is 214 g/mol. The minimum Gasteiger partial charge on any atom is -0.493 e. The molecule has 0 saturated heterocycles. The molecule has 0 heterocycles. The van der Waals surface area contributed by atoms with E-state index in [1.165, 1.54) is 11.1 Å². The maximum atomic E-state index is 5.76. The van der Waals surface area contributed by atoms with Crippen molar-refractivity contribution in [2.75, 3.05) is 20.8 Å². The van der Waals surface area contributed by atoms with E-state index in [1.807, 2.05) is 6.07 Å². The van der Waals surface area contributed by atoms with Gasteiger partial charge in [0.1, 0.15) is 0 Å². The summed E-state index contributed by atoms with van der Waals surface area (Å²) in [6.45, 7) is 7.12. The molecule has 0 aliphatic rings. The zero-order valence-electron chi connectivity index (χ0n) is 11.4. The van der Waals surface area contributed by atoms with Crippen molar-refractivity contribution in [2.45, 2.75) is 32.6 Å². The normalized spacial score (nSPS) is 12.6. The zero-order valence-corrected chi connectivity index (χ0v) is 11.4. The van der Waals surface area contributed by atoms with Crippen molar-refractivity contribution in [3.05, 3.63) is 23.3 Å². The van der Waals surface area contributed by atoms with Crippen LogP contribution in [0.25, 0.3) is 0 Å². The van der Waals surface area contributed by atoms with Crippen molar-refractivity contribution < 1.29 is 9.47 Å². The first-order valence-electron chi connectivity index (χ1n) is 6.01. The van der Waals surface area contributed by atoms with Crippen LogP contribution in [0.3, 0.4) is 0 Å². The Bertz CT molecular complexity index is 375. The molecule has 1 rings (SSSR count). The molecule has 3 nitrogen and oxygen atoms in total. The van der Waals surface area contributed by atoms with Crippen molar-refractivity contribution in [2.24, 2.45) is 5.73 Å². The average molecular weight is 237 g/mol. The van der Waals surface area contributed by atoms with Gasteiger partial charge in [-0.3, -0.25) is 0 Å². The van der Waals surface area contributed by atoms with E-state index in [0.717, 1.165) is 11.5 Å². The van der Waals surface area contributed by atoms with Crippen LogP contribution in [0.1, 0.15) is 43.7 Å². The van der Waals surface area contributed by atoms with Gasteiger partial charge in [0, 0.05) is 0 Å². The highest BCUT2D eigenvalue weighted by atomic mass is 16.5. The van der Waals surface area contributed by atoms with Crippen molar-refractivity contribution in [1.82, 2.24) is 0 Å². The fourth-order valence-electron chi connectivity index (χ4n) is 1.96. The van der Waals surface area contributed by atoms with E-state index in [9.17, 15) is 0 Å². The number of benzene rings is 1. The van der Waals surface area contributed by atoms with E-state index >= 15 is 0 Å². The van der Waals surface area contributed by atoms with Gasteiger partial charge in [-0.25, -0.2) is 0 Å². The Hall–Kier alpha value is -1.22. The van der Waals surface area contributed by atoms with Crippen LogP contribution in [-0.2, 0) is 0 Å². The molecule has 1 unspecified atom stereocenters. The molecule has 1 aromatic rings. The largest absolute Gasteiger partial charge is 0.493 e. The SMILES string of the molecule is COc1cc(C(C)C)c(C(C)CN)cc1OC. The molecule has 3 heteroatoms. The summed E-state index contributed by atoms with van der Waals surface area (Å²) in [6, 6.07) is 4.11. The summed E-state index contributed by atoms with van der Waals surface area (Å²) in [7, 11) is 3.32.